The predicted molar refractivity (Wildman–Crippen MR) is 115 cm³/mol. The second-order valence-electron chi connectivity index (χ2n) is 7.92. The average Bonchev–Trinajstić information content (AvgIpc) is 3.15. The molecular formula is C22H34N4O2S. The van der Waals surface area contributed by atoms with Crippen LogP contribution >= 0.6 is 0 Å². The number of pyridine rings is 1. The fourth-order valence-electron chi connectivity index (χ4n) is 4.11. The lowest BCUT2D eigenvalue weighted by molar-refractivity contribution is 0.128. The maximum absolute atomic E-state index is 12.5. The van der Waals surface area contributed by atoms with E-state index in [-0.39, 0.29) is 10.9 Å². The summed E-state index contributed by atoms with van der Waals surface area (Å²) in [7, 11) is -3.31. The van der Waals surface area contributed by atoms with Gasteiger partial charge < -0.3 is 4.57 Å². The zero-order valence-electron chi connectivity index (χ0n) is 17.8. The van der Waals surface area contributed by atoms with Crippen molar-refractivity contribution in [1.82, 2.24) is 19.4 Å². The molecule has 3 heterocycles. The SMILES string of the molecule is CCCCn1c(CN2CCCC[C@@H]2CCc2ccccn2)cnc1S(=O)(=O)CC. The standard InChI is InChI=1S/C22H34N4O2S/c1-3-5-16-26-21(17-24-22(26)29(27,28)4-2)18-25-15-9-7-11-20(25)13-12-19-10-6-8-14-23-19/h6,8,10,14,17,20H,3-5,7,9,11-13,15-16,18H2,1-2H3/t20-/m1/s1. The van der Waals surface area contributed by atoms with Crippen molar-refractivity contribution in [2.45, 2.75) is 83.1 Å². The summed E-state index contributed by atoms with van der Waals surface area (Å²) in [4.78, 5) is 11.3. The van der Waals surface area contributed by atoms with Crippen molar-refractivity contribution < 1.29 is 8.42 Å². The van der Waals surface area contributed by atoms with Gasteiger partial charge in [0.05, 0.1) is 17.6 Å². The lowest BCUT2D eigenvalue weighted by Gasteiger charge is -2.36. The van der Waals surface area contributed by atoms with Gasteiger partial charge in [0.15, 0.2) is 0 Å². The van der Waals surface area contributed by atoms with Gasteiger partial charge in [0, 0.05) is 31.0 Å². The number of hydrogen-bond acceptors (Lipinski definition) is 5. The van der Waals surface area contributed by atoms with Crippen LogP contribution in [-0.4, -0.2) is 46.2 Å². The summed E-state index contributed by atoms with van der Waals surface area (Å²) in [6.45, 7) is 6.35. The molecule has 29 heavy (non-hydrogen) atoms. The first-order chi connectivity index (χ1) is 14.0. The molecule has 0 radical (unpaired) electrons. The van der Waals surface area contributed by atoms with Crippen LogP contribution in [0.25, 0.3) is 0 Å². The lowest BCUT2D eigenvalue weighted by Crippen LogP contribution is -2.39. The van der Waals surface area contributed by atoms with E-state index in [1.54, 1.807) is 13.1 Å². The van der Waals surface area contributed by atoms with Crippen molar-refractivity contribution >= 4 is 9.84 Å². The van der Waals surface area contributed by atoms with Crippen LogP contribution in [0.1, 0.15) is 63.8 Å². The molecule has 1 atom stereocenters. The first-order valence-electron chi connectivity index (χ1n) is 11.0. The molecule has 6 nitrogen and oxygen atoms in total. The Hall–Kier alpha value is -1.73. The largest absolute Gasteiger partial charge is 0.318 e. The van der Waals surface area contributed by atoms with E-state index in [4.69, 9.17) is 0 Å². The highest BCUT2D eigenvalue weighted by Crippen LogP contribution is 2.24. The fourth-order valence-corrected chi connectivity index (χ4v) is 5.13. The third kappa shape index (κ3) is 5.66. The van der Waals surface area contributed by atoms with E-state index in [1.807, 2.05) is 22.9 Å². The molecule has 2 aromatic heterocycles. The van der Waals surface area contributed by atoms with Gasteiger partial charge in [-0.15, -0.1) is 0 Å². The van der Waals surface area contributed by atoms with E-state index in [0.29, 0.717) is 12.6 Å². The summed E-state index contributed by atoms with van der Waals surface area (Å²) in [6.07, 6.45) is 11.3. The second-order valence-corrected chi connectivity index (χ2v) is 10.1. The Kier molecular flexibility index (Phi) is 7.84. The predicted octanol–water partition coefficient (Wildman–Crippen LogP) is 3.86. The lowest BCUT2D eigenvalue weighted by atomic mass is 9.97. The molecule has 0 saturated carbocycles. The first-order valence-corrected chi connectivity index (χ1v) is 12.6. The van der Waals surface area contributed by atoms with Crippen LogP contribution < -0.4 is 0 Å². The number of hydrogen-bond donors (Lipinski definition) is 0. The molecule has 0 aromatic carbocycles. The normalized spacial score (nSPS) is 18.2. The maximum Gasteiger partial charge on any atom is 0.227 e. The van der Waals surface area contributed by atoms with Gasteiger partial charge in [-0.25, -0.2) is 13.4 Å². The van der Waals surface area contributed by atoms with Crippen LogP contribution in [0.3, 0.4) is 0 Å². The number of likely N-dealkylation sites (tertiary alicyclic amines) is 1. The van der Waals surface area contributed by atoms with Crippen molar-refractivity contribution in [1.29, 1.82) is 0 Å². The summed E-state index contributed by atoms with van der Waals surface area (Å²) in [5.41, 5.74) is 2.16. The van der Waals surface area contributed by atoms with Crippen LogP contribution in [-0.2, 0) is 29.3 Å². The summed E-state index contributed by atoms with van der Waals surface area (Å²) >= 11 is 0. The summed E-state index contributed by atoms with van der Waals surface area (Å²) in [5.74, 6) is 0.0893. The van der Waals surface area contributed by atoms with Gasteiger partial charge in [0.2, 0.25) is 15.0 Å². The molecular weight excluding hydrogens is 384 g/mol. The van der Waals surface area contributed by atoms with Gasteiger partial charge in [0.1, 0.15) is 0 Å². The molecule has 0 aliphatic carbocycles. The third-order valence-corrected chi connectivity index (χ3v) is 7.51. The Morgan fingerprint density at radius 3 is 2.76 bits per heavy atom. The van der Waals surface area contributed by atoms with Gasteiger partial charge in [-0.1, -0.05) is 32.8 Å². The Morgan fingerprint density at radius 2 is 2.03 bits per heavy atom. The van der Waals surface area contributed by atoms with Gasteiger partial charge in [-0.2, -0.15) is 0 Å². The molecule has 1 saturated heterocycles. The van der Waals surface area contributed by atoms with E-state index in [2.05, 4.69) is 27.9 Å². The molecule has 0 N–H and O–H groups in total. The van der Waals surface area contributed by atoms with Gasteiger partial charge >= 0.3 is 0 Å². The maximum atomic E-state index is 12.5. The highest BCUT2D eigenvalue weighted by molar-refractivity contribution is 7.91. The molecule has 2 aromatic rings. The highest BCUT2D eigenvalue weighted by Gasteiger charge is 2.26. The smallest absolute Gasteiger partial charge is 0.227 e. The van der Waals surface area contributed by atoms with Gasteiger partial charge in [0.25, 0.3) is 0 Å². The Labute approximate surface area is 175 Å². The molecule has 1 aliphatic heterocycles. The molecule has 160 valence electrons. The zero-order valence-corrected chi connectivity index (χ0v) is 18.6. The minimum atomic E-state index is -3.31. The molecule has 0 bridgehead atoms. The van der Waals surface area contributed by atoms with E-state index in [0.717, 1.165) is 50.2 Å². The first kappa shape index (κ1) is 22.0. The molecule has 0 amide bonds. The Balaban J connectivity index is 1.75. The highest BCUT2D eigenvalue weighted by atomic mass is 32.2. The van der Waals surface area contributed by atoms with Crippen molar-refractivity contribution in [3.8, 4) is 0 Å². The van der Waals surface area contributed by atoms with Crippen LogP contribution in [0.15, 0.2) is 35.7 Å². The van der Waals surface area contributed by atoms with E-state index < -0.39 is 9.84 Å². The Morgan fingerprint density at radius 1 is 1.17 bits per heavy atom. The number of sulfone groups is 1. The van der Waals surface area contributed by atoms with Crippen LogP contribution in [0.4, 0.5) is 0 Å². The van der Waals surface area contributed by atoms with Crippen LogP contribution in [0.5, 0.6) is 0 Å². The van der Waals surface area contributed by atoms with E-state index >= 15 is 0 Å². The molecule has 0 spiro atoms. The van der Waals surface area contributed by atoms with Crippen LogP contribution in [0.2, 0.25) is 0 Å². The number of aromatic nitrogens is 3. The number of unbranched alkanes of at least 4 members (excludes halogenated alkanes) is 1. The van der Waals surface area contributed by atoms with Crippen molar-refractivity contribution in [3.05, 3.63) is 42.0 Å². The number of nitrogens with zero attached hydrogens (tertiary/aromatic N) is 4. The van der Waals surface area contributed by atoms with Gasteiger partial charge in [-0.3, -0.25) is 9.88 Å². The summed E-state index contributed by atoms with van der Waals surface area (Å²) < 4.78 is 27.0. The second kappa shape index (κ2) is 10.3. The fraction of sp³-hybridized carbons (Fsp3) is 0.636. The Bertz CT molecular complexity index is 864. The van der Waals surface area contributed by atoms with Gasteiger partial charge in [-0.05, 0) is 50.8 Å². The minimum absolute atomic E-state index is 0.0893. The molecule has 0 unspecified atom stereocenters. The third-order valence-electron chi connectivity index (χ3n) is 5.87. The topological polar surface area (TPSA) is 68.1 Å². The zero-order chi connectivity index (χ0) is 20.7. The summed E-state index contributed by atoms with van der Waals surface area (Å²) in [6, 6.07) is 6.60. The van der Waals surface area contributed by atoms with Crippen molar-refractivity contribution in [3.63, 3.8) is 0 Å². The number of piperidine rings is 1. The number of aryl methyl sites for hydroxylation is 1. The van der Waals surface area contributed by atoms with Crippen molar-refractivity contribution in [2.24, 2.45) is 0 Å². The molecule has 7 heteroatoms. The summed E-state index contributed by atoms with van der Waals surface area (Å²) in [5, 5.41) is 0.241. The van der Waals surface area contributed by atoms with E-state index in [1.165, 1.54) is 19.3 Å². The quantitative estimate of drug-likeness (QED) is 0.586. The molecule has 1 aliphatic rings. The van der Waals surface area contributed by atoms with Crippen LogP contribution in [0, 0.1) is 0 Å². The number of rotatable bonds is 10. The monoisotopic (exact) mass is 418 g/mol. The molecule has 3 rings (SSSR count). The van der Waals surface area contributed by atoms with Crippen molar-refractivity contribution in [2.75, 3.05) is 12.3 Å². The minimum Gasteiger partial charge on any atom is -0.318 e. The van der Waals surface area contributed by atoms with E-state index in [9.17, 15) is 8.42 Å². The molecule has 1 fully saturated rings. The number of imidazole rings is 1. The average molecular weight is 419 g/mol.